The Balaban J connectivity index is 1.74. The van der Waals surface area contributed by atoms with Crippen molar-refractivity contribution < 1.29 is 4.79 Å². The standard InChI is InChI=1S/C22H26N2O/c1-2-3-5-11-20(25)14-13-19-17-24(16-18-9-6-4-7-10-18)22-21(19)12-8-15-23-22/h4,6-10,12,15,17H,2-3,5,11,13-14,16H2,1H3. The third-order valence-corrected chi connectivity index (χ3v) is 4.64. The minimum Gasteiger partial charge on any atom is -0.328 e. The molecule has 3 nitrogen and oxygen atoms in total. The van der Waals surface area contributed by atoms with Crippen molar-refractivity contribution >= 4 is 16.8 Å². The molecule has 0 amide bonds. The van der Waals surface area contributed by atoms with Gasteiger partial charge in [-0.15, -0.1) is 0 Å². The fraction of sp³-hybridized carbons (Fsp3) is 0.364. The second kappa shape index (κ2) is 8.61. The van der Waals surface area contributed by atoms with Crippen molar-refractivity contribution in [2.75, 3.05) is 0 Å². The highest BCUT2D eigenvalue weighted by molar-refractivity contribution is 5.82. The van der Waals surface area contributed by atoms with E-state index < -0.39 is 0 Å². The molecule has 0 aliphatic carbocycles. The molecule has 3 aromatic rings. The largest absolute Gasteiger partial charge is 0.328 e. The van der Waals surface area contributed by atoms with E-state index in [-0.39, 0.29) is 0 Å². The molecule has 0 saturated heterocycles. The van der Waals surface area contributed by atoms with Crippen molar-refractivity contribution in [3.05, 3.63) is 66.0 Å². The lowest BCUT2D eigenvalue weighted by Crippen LogP contribution is -2.00. The normalized spacial score (nSPS) is 11.1. The molecule has 0 aliphatic heterocycles. The fourth-order valence-electron chi connectivity index (χ4n) is 3.27. The Morgan fingerprint density at radius 1 is 1.04 bits per heavy atom. The van der Waals surface area contributed by atoms with Gasteiger partial charge >= 0.3 is 0 Å². The van der Waals surface area contributed by atoms with Crippen LogP contribution in [-0.4, -0.2) is 15.3 Å². The zero-order valence-electron chi connectivity index (χ0n) is 14.9. The number of aromatic nitrogens is 2. The molecule has 0 unspecified atom stereocenters. The maximum atomic E-state index is 12.1. The van der Waals surface area contributed by atoms with Gasteiger partial charge in [-0.25, -0.2) is 4.98 Å². The Labute approximate surface area is 149 Å². The van der Waals surface area contributed by atoms with E-state index in [1.165, 1.54) is 16.5 Å². The maximum Gasteiger partial charge on any atom is 0.140 e. The van der Waals surface area contributed by atoms with Crippen molar-refractivity contribution in [1.82, 2.24) is 9.55 Å². The quantitative estimate of drug-likeness (QED) is 0.506. The van der Waals surface area contributed by atoms with Crippen LogP contribution in [0.25, 0.3) is 11.0 Å². The minimum absolute atomic E-state index is 0.376. The van der Waals surface area contributed by atoms with Gasteiger partial charge in [0.05, 0.1) is 0 Å². The van der Waals surface area contributed by atoms with Crippen LogP contribution in [0.1, 0.15) is 50.2 Å². The number of hydrogen-bond acceptors (Lipinski definition) is 2. The number of benzene rings is 1. The van der Waals surface area contributed by atoms with Crippen LogP contribution >= 0.6 is 0 Å². The number of rotatable bonds is 9. The van der Waals surface area contributed by atoms with Crippen LogP contribution in [0, 0.1) is 0 Å². The summed E-state index contributed by atoms with van der Waals surface area (Å²) < 4.78 is 2.20. The van der Waals surface area contributed by atoms with E-state index in [9.17, 15) is 4.79 Å². The Morgan fingerprint density at radius 3 is 2.68 bits per heavy atom. The SMILES string of the molecule is CCCCCC(=O)CCc1cn(Cc2ccccc2)c2ncccc12. The van der Waals surface area contributed by atoms with Crippen molar-refractivity contribution in [2.24, 2.45) is 0 Å². The molecule has 130 valence electrons. The summed E-state index contributed by atoms with van der Waals surface area (Å²) in [6.45, 7) is 2.97. The molecule has 0 bridgehead atoms. The summed E-state index contributed by atoms with van der Waals surface area (Å²) in [5.74, 6) is 0.376. The highest BCUT2D eigenvalue weighted by Crippen LogP contribution is 2.22. The molecule has 3 heteroatoms. The molecule has 0 fully saturated rings. The third kappa shape index (κ3) is 4.56. The molecule has 0 atom stereocenters. The Morgan fingerprint density at radius 2 is 1.88 bits per heavy atom. The molecule has 25 heavy (non-hydrogen) atoms. The number of Topliss-reactive ketones (excluding diaryl/α,β-unsaturated/α-hetero) is 1. The average molecular weight is 334 g/mol. The highest BCUT2D eigenvalue weighted by Gasteiger charge is 2.11. The van der Waals surface area contributed by atoms with Gasteiger partial charge in [0.15, 0.2) is 0 Å². The van der Waals surface area contributed by atoms with Crippen LogP contribution in [0.5, 0.6) is 0 Å². The summed E-state index contributed by atoms with van der Waals surface area (Å²) in [4.78, 5) is 16.7. The molecule has 2 aromatic heterocycles. The first-order valence-corrected chi connectivity index (χ1v) is 9.26. The van der Waals surface area contributed by atoms with Crippen molar-refractivity contribution in [3.63, 3.8) is 0 Å². The zero-order valence-corrected chi connectivity index (χ0v) is 14.9. The smallest absolute Gasteiger partial charge is 0.140 e. The molecule has 0 N–H and O–H groups in total. The summed E-state index contributed by atoms with van der Waals surface area (Å²) in [5, 5.41) is 1.17. The fourth-order valence-corrected chi connectivity index (χ4v) is 3.27. The van der Waals surface area contributed by atoms with Gasteiger partial charge in [-0.2, -0.15) is 0 Å². The number of carbonyl (C=O) groups excluding carboxylic acids is 1. The first kappa shape index (κ1) is 17.4. The number of hydrogen-bond donors (Lipinski definition) is 0. The molecule has 0 radical (unpaired) electrons. The molecule has 0 aliphatic rings. The Kier molecular flexibility index (Phi) is 5.99. The van der Waals surface area contributed by atoms with Gasteiger partial charge in [0.25, 0.3) is 0 Å². The van der Waals surface area contributed by atoms with Crippen molar-refractivity contribution in [1.29, 1.82) is 0 Å². The van der Waals surface area contributed by atoms with Gasteiger partial charge in [0.2, 0.25) is 0 Å². The molecule has 3 rings (SSSR count). The van der Waals surface area contributed by atoms with Crippen molar-refractivity contribution in [3.8, 4) is 0 Å². The molecular formula is C22H26N2O. The number of fused-ring (bicyclic) bond motifs is 1. The lowest BCUT2D eigenvalue weighted by molar-refractivity contribution is -0.119. The summed E-state index contributed by atoms with van der Waals surface area (Å²) in [7, 11) is 0. The predicted molar refractivity (Wildman–Crippen MR) is 103 cm³/mol. The third-order valence-electron chi connectivity index (χ3n) is 4.64. The second-order valence-electron chi connectivity index (χ2n) is 6.64. The minimum atomic E-state index is 0.376. The molecule has 2 heterocycles. The average Bonchev–Trinajstić information content (AvgIpc) is 2.99. The Bertz CT molecular complexity index is 820. The predicted octanol–water partition coefficient (Wildman–Crippen LogP) is 5.17. The van der Waals surface area contributed by atoms with Gasteiger partial charge in [-0.3, -0.25) is 4.79 Å². The van der Waals surface area contributed by atoms with Crippen LogP contribution in [0.4, 0.5) is 0 Å². The molecular weight excluding hydrogens is 308 g/mol. The maximum absolute atomic E-state index is 12.1. The van der Waals surface area contributed by atoms with Gasteiger partial charge in [-0.1, -0.05) is 50.1 Å². The summed E-state index contributed by atoms with van der Waals surface area (Å²) >= 11 is 0. The van der Waals surface area contributed by atoms with Crippen LogP contribution < -0.4 is 0 Å². The Hall–Kier alpha value is -2.42. The van der Waals surface area contributed by atoms with Crippen LogP contribution in [0.15, 0.2) is 54.9 Å². The van der Waals surface area contributed by atoms with Gasteiger partial charge in [0.1, 0.15) is 11.4 Å². The topological polar surface area (TPSA) is 34.9 Å². The monoisotopic (exact) mass is 334 g/mol. The number of aryl methyl sites for hydroxylation is 1. The summed E-state index contributed by atoms with van der Waals surface area (Å²) in [5.41, 5.74) is 3.48. The van der Waals surface area contributed by atoms with E-state index in [0.29, 0.717) is 12.2 Å². The molecule has 1 aromatic carbocycles. The number of ketones is 1. The summed E-state index contributed by atoms with van der Waals surface area (Å²) in [6, 6.07) is 14.5. The molecule has 0 saturated carbocycles. The number of carbonyl (C=O) groups is 1. The van der Waals surface area contributed by atoms with Gasteiger partial charge in [-0.05, 0) is 36.1 Å². The van der Waals surface area contributed by atoms with Gasteiger partial charge in [0, 0.05) is 37.2 Å². The van der Waals surface area contributed by atoms with E-state index in [1.54, 1.807) is 0 Å². The summed E-state index contributed by atoms with van der Waals surface area (Å²) in [6.07, 6.45) is 9.48. The first-order chi connectivity index (χ1) is 12.3. The van der Waals surface area contributed by atoms with Gasteiger partial charge < -0.3 is 4.57 Å². The van der Waals surface area contributed by atoms with Crippen LogP contribution in [0.3, 0.4) is 0 Å². The second-order valence-corrected chi connectivity index (χ2v) is 6.64. The van der Waals surface area contributed by atoms with Crippen LogP contribution in [-0.2, 0) is 17.8 Å². The highest BCUT2D eigenvalue weighted by atomic mass is 16.1. The van der Waals surface area contributed by atoms with E-state index >= 15 is 0 Å². The number of nitrogens with zero attached hydrogens (tertiary/aromatic N) is 2. The van der Waals surface area contributed by atoms with Crippen molar-refractivity contribution in [2.45, 2.75) is 52.0 Å². The number of pyridine rings is 1. The number of unbranched alkanes of at least 4 members (excludes halogenated alkanes) is 2. The van der Waals surface area contributed by atoms with E-state index in [4.69, 9.17) is 0 Å². The lowest BCUT2D eigenvalue weighted by Gasteiger charge is -2.04. The zero-order chi connectivity index (χ0) is 17.5. The van der Waals surface area contributed by atoms with E-state index in [1.807, 2.05) is 18.3 Å². The first-order valence-electron chi connectivity index (χ1n) is 9.26. The van der Waals surface area contributed by atoms with E-state index in [0.717, 1.165) is 44.3 Å². The lowest BCUT2D eigenvalue weighted by atomic mass is 10.0. The molecule has 0 spiro atoms. The van der Waals surface area contributed by atoms with E-state index in [2.05, 4.69) is 53.0 Å². The van der Waals surface area contributed by atoms with Crippen LogP contribution in [0.2, 0.25) is 0 Å².